The molecule has 1 unspecified atom stereocenters. The largest absolute Gasteiger partial charge is 0.389 e. The average molecular weight is 278 g/mol. The Hall–Kier alpha value is -1.67. The fraction of sp³-hybridized carbons (Fsp3) is 0.556. The molecule has 1 atom stereocenters. The van der Waals surface area contributed by atoms with Crippen molar-refractivity contribution in [2.75, 3.05) is 13.6 Å². The van der Waals surface area contributed by atoms with Gasteiger partial charge in [-0.15, -0.1) is 12.4 Å². The monoisotopic (exact) mass is 277 g/mol. The Morgan fingerprint density at radius 2 is 2.33 bits per heavy atom. The Balaban J connectivity index is 0.00000289. The summed E-state index contributed by atoms with van der Waals surface area (Å²) in [6, 6.07) is 1.17. The molecule has 102 valence electrons. The van der Waals surface area contributed by atoms with Crippen molar-refractivity contribution >= 4 is 24.1 Å². The van der Waals surface area contributed by atoms with Crippen LogP contribution in [0.5, 0.6) is 0 Å². The van der Waals surface area contributed by atoms with Crippen molar-refractivity contribution in [3.05, 3.63) is 22.4 Å². The van der Waals surface area contributed by atoms with Crippen LogP contribution >= 0.6 is 12.4 Å². The fourth-order valence-electron chi connectivity index (χ4n) is 1.19. The summed E-state index contributed by atoms with van der Waals surface area (Å²) >= 11 is 0. The lowest BCUT2D eigenvalue weighted by atomic mass is 10.3. The molecule has 0 aliphatic carbocycles. The molecular weight excluding hydrogens is 262 g/mol. The number of rotatable bonds is 5. The smallest absolute Gasteiger partial charge is 0.358 e. The van der Waals surface area contributed by atoms with Crippen molar-refractivity contribution < 1.29 is 9.72 Å². The zero-order chi connectivity index (χ0) is 13.0. The van der Waals surface area contributed by atoms with Crippen molar-refractivity contribution in [3.63, 3.8) is 0 Å². The second-order valence-electron chi connectivity index (χ2n) is 3.72. The van der Waals surface area contributed by atoms with E-state index in [0.29, 0.717) is 6.54 Å². The molecule has 0 bridgehead atoms. The van der Waals surface area contributed by atoms with Gasteiger partial charge in [0.15, 0.2) is 0 Å². The highest BCUT2D eigenvalue weighted by Gasteiger charge is 2.18. The number of hydrogen-bond acceptors (Lipinski definition) is 5. The highest BCUT2D eigenvalue weighted by atomic mass is 35.5. The number of halogens is 1. The molecule has 1 rings (SSSR count). The highest BCUT2D eigenvalue weighted by Crippen LogP contribution is 2.05. The SMILES string of the molecule is CC(CN)N(C)C(=O)Cn1ccc([N+](=O)[O-])n1.Cl. The maximum Gasteiger partial charge on any atom is 0.389 e. The Morgan fingerprint density at radius 1 is 1.72 bits per heavy atom. The Bertz CT molecular complexity index is 422. The van der Waals surface area contributed by atoms with E-state index in [0.717, 1.165) is 0 Å². The van der Waals surface area contributed by atoms with Gasteiger partial charge < -0.3 is 20.7 Å². The van der Waals surface area contributed by atoms with E-state index in [4.69, 9.17) is 5.73 Å². The van der Waals surface area contributed by atoms with E-state index in [9.17, 15) is 14.9 Å². The van der Waals surface area contributed by atoms with Gasteiger partial charge in [0.2, 0.25) is 5.91 Å². The van der Waals surface area contributed by atoms with Gasteiger partial charge in [0.25, 0.3) is 0 Å². The summed E-state index contributed by atoms with van der Waals surface area (Å²) in [7, 11) is 1.64. The van der Waals surface area contributed by atoms with Gasteiger partial charge in [0.05, 0.1) is 17.4 Å². The topological polar surface area (TPSA) is 107 Å². The maximum atomic E-state index is 11.7. The van der Waals surface area contributed by atoms with Gasteiger partial charge in [-0.2, -0.15) is 4.68 Å². The highest BCUT2D eigenvalue weighted by molar-refractivity contribution is 5.85. The summed E-state index contributed by atoms with van der Waals surface area (Å²) in [5, 5.41) is 14.1. The minimum atomic E-state index is -0.604. The standard InChI is InChI=1S/C9H15N5O3.ClH/c1-7(5-10)12(2)9(15)6-13-4-3-8(11-13)14(16)17;/h3-4,7H,5-6,10H2,1-2H3;1H. The molecule has 1 aromatic heterocycles. The lowest BCUT2D eigenvalue weighted by Gasteiger charge is -2.22. The van der Waals surface area contributed by atoms with Crippen LogP contribution in [0.15, 0.2) is 12.3 Å². The molecule has 9 heteroatoms. The molecule has 0 fully saturated rings. The number of carbonyl (C=O) groups excluding carboxylic acids is 1. The fourth-order valence-corrected chi connectivity index (χ4v) is 1.19. The molecule has 0 aromatic carbocycles. The molecule has 0 aliphatic rings. The van der Waals surface area contributed by atoms with Crippen LogP contribution in [0.25, 0.3) is 0 Å². The number of nitrogens with two attached hydrogens (primary N) is 1. The quantitative estimate of drug-likeness (QED) is 0.603. The number of carbonyl (C=O) groups is 1. The summed E-state index contributed by atoms with van der Waals surface area (Å²) in [5.41, 5.74) is 5.44. The first-order valence-electron chi connectivity index (χ1n) is 5.09. The Labute approximate surface area is 110 Å². The lowest BCUT2D eigenvalue weighted by molar-refractivity contribution is -0.389. The molecule has 0 radical (unpaired) electrons. The summed E-state index contributed by atoms with van der Waals surface area (Å²) in [6.07, 6.45) is 1.40. The van der Waals surface area contributed by atoms with Crippen molar-refractivity contribution in [2.24, 2.45) is 5.73 Å². The zero-order valence-corrected chi connectivity index (χ0v) is 11.0. The van der Waals surface area contributed by atoms with Gasteiger partial charge in [-0.1, -0.05) is 0 Å². The van der Waals surface area contributed by atoms with E-state index in [-0.39, 0.29) is 36.7 Å². The summed E-state index contributed by atoms with van der Waals surface area (Å²) in [4.78, 5) is 23.0. The van der Waals surface area contributed by atoms with Crippen LogP contribution in [-0.4, -0.2) is 45.1 Å². The van der Waals surface area contributed by atoms with E-state index < -0.39 is 4.92 Å². The summed E-state index contributed by atoms with van der Waals surface area (Å²) < 4.78 is 1.24. The molecule has 0 aliphatic heterocycles. The normalized spacial score (nSPS) is 11.5. The van der Waals surface area contributed by atoms with Gasteiger partial charge >= 0.3 is 5.82 Å². The van der Waals surface area contributed by atoms with Crippen LogP contribution in [0, 0.1) is 10.1 Å². The van der Waals surface area contributed by atoms with E-state index in [1.165, 1.54) is 21.8 Å². The maximum absolute atomic E-state index is 11.7. The Kier molecular flexibility index (Phi) is 6.28. The van der Waals surface area contributed by atoms with Gasteiger partial charge in [-0.3, -0.25) is 4.79 Å². The zero-order valence-electron chi connectivity index (χ0n) is 10.1. The van der Waals surface area contributed by atoms with E-state index in [1.807, 2.05) is 6.92 Å². The van der Waals surface area contributed by atoms with Gasteiger partial charge in [-0.05, 0) is 11.8 Å². The first-order chi connectivity index (χ1) is 7.95. The molecular formula is C9H16ClN5O3. The molecule has 2 N–H and O–H groups in total. The van der Waals surface area contributed by atoms with Crippen LogP contribution in [-0.2, 0) is 11.3 Å². The molecule has 18 heavy (non-hydrogen) atoms. The van der Waals surface area contributed by atoms with Gasteiger partial charge in [0, 0.05) is 19.6 Å². The number of hydrogen-bond donors (Lipinski definition) is 1. The minimum absolute atomic E-state index is 0. The number of nitro groups is 1. The van der Waals surface area contributed by atoms with E-state index in [2.05, 4.69) is 5.10 Å². The second-order valence-corrected chi connectivity index (χ2v) is 3.72. The van der Waals surface area contributed by atoms with E-state index >= 15 is 0 Å². The number of nitrogens with zero attached hydrogens (tertiary/aromatic N) is 4. The van der Waals surface area contributed by atoms with Crippen LogP contribution in [0.1, 0.15) is 6.92 Å². The molecule has 8 nitrogen and oxygen atoms in total. The molecule has 0 saturated carbocycles. The summed E-state index contributed by atoms with van der Waals surface area (Å²) in [5.74, 6) is -0.465. The van der Waals surface area contributed by atoms with Crippen LogP contribution in [0.2, 0.25) is 0 Å². The molecule has 0 spiro atoms. The number of aromatic nitrogens is 2. The Morgan fingerprint density at radius 3 is 2.78 bits per heavy atom. The number of amides is 1. The van der Waals surface area contributed by atoms with Crippen molar-refractivity contribution in [2.45, 2.75) is 19.5 Å². The third-order valence-corrected chi connectivity index (χ3v) is 2.51. The molecule has 1 heterocycles. The van der Waals surface area contributed by atoms with Crippen LogP contribution < -0.4 is 5.73 Å². The van der Waals surface area contributed by atoms with Gasteiger partial charge in [0.1, 0.15) is 6.54 Å². The predicted molar refractivity (Wildman–Crippen MR) is 67.4 cm³/mol. The average Bonchev–Trinajstić information content (AvgIpc) is 2.75. The van der Waals surface area contributed by atoms with Crippen molar-refractivity contribution in [1.82, 2.24) is 14.7 Å². The third-order valence-electron chi connectivity index (χ3n) is 2.51. The van der Waals surface area contributed by atoms with Crippen molar-refractivity contribution in [3.8, 4) is 0 Å². The second kappa shape index (κ2) is 6.92. The molecule has 0 saturated heterocycles. The summed E-state index contributed by atoms with van der Waals surface area (Å²) in [6.45, 7) is 2.15. The third kappa shape index (κ3) is 3.97. The predicted octanol–water partition coefficient (Wildman–Crippen LogP) is 0.0187. The lowest BCUT2D eigenvalue weighted by Crippen LogP contribution is -2.41. The molecule has 1 amide bonds. The molecule has 1 aromatic rings. The van der Waals surface area contributed by atoms with Gasteiger partial charge in [-0.25, -0.2) is 0 Å². The number of likely N-dealkylation sites (N-methyl/N-ethyl adjacent to an activating group) is 1. The van der Waals surface area contributed by atoms with Crippen LogP contribution in [0.4, 0.5) is 5.82 Å². The van der Waals surface area contributed by atoms with E-state index in [1.54, 1.807) is 7.05 Å². The van der Waals surface area contributed by atoms with Crippen molar-refractivity contribution in [1.29, 1.82) is 0 Å². The van der Waals surface area contributed by atoms with Crippen LogP contribution in [0.3, 0.4) is 0 Å². The first kappa shape index (κ1) is 16.3. The minimum Gasteiger partial charge on any atom is -0.358 e. The first-order valence-corrected chi connectivity index (χ1v) is 5.09.